The summed E-state index contributed by atoms with van der Waals surface area (Å²) in [6.45, 7) is 0. The molecule has 0 unspecified atom stereocenters. The highest BCUT2D eigenvalue weighted by molar-refractivity contribution is 5.18. The number of benzene rings is 2. The van der Waals surface area contributed by atoms with Gasteiger partial charge < -0.3 is 15.5 Å². The van der Waals surface area contributed by atoms with Gasteiger partial charge in [0.25, 0.3) is 0 Å². The molecule has 3 rings (SSSR count). The van der Waals surface area contributed by atoms with E-state index < -0.39 is 12.2 Å². The van der Waals surface area contributed by atoms with Crippen molar-refractivity contribution < 1.29 is 10.2 Å². The smallest absolute Gasteiger partial charge is 0.0804 e. The highest BCUT2D eigenvalue weighted by atomic mass is 16.3. The summed E-state index contributed by atoms with van der Waals surface area (Å²) in [5, 5.41) is 24.5. The minimum atomic E-state index is -0.429. The fraction of sp³-hybridized carbons (Fsp3) is 0.429. The number of hydrogen-bond acceptors (Lipinski definition) is 3. The molecule has 1 aliphatic rings. The first-order valence-electron chi connectivity index (χ1n) is 8.94. The Morgan fingerprint density at radius 3 is 1.58 bits per heavy atom. The second-order valence-electron chi connectivity index (χ2n) is 6.82. The second-order valence-corrected chi connectivity index (χ2v) is 6.82. The Labute approximate surface area is 144 Å². The predicted molar refractivity (Wildman–Crippen MR) is 96.6 cm³/mol. The fourth-order valence-corrected chi connectivity index (χ4v) is 3.64. The molecule has 3 nitrogen and oxygen atoms in total. The van der Waals surface area contributed by atoms with Gasteiger partial charge in [-0.1, -0.05) is 67.1 Å². The van der Waals surface area contributed by atoms with Gasteiger partial charge in [0.05, 0.1) is 12.2 Å². The standard InChI is InChI=1S/C21H27NO2/c23-20(16-8-3-1-4-9-16)14-18-12-7-13-19(22-18)15-21(24)17-10-5-2-6-11-17/h1-6,8-11,18-24H,7,12-15H2/t18-,19-,20-,21+/m1/s1. The summed E-state index contributed by atoms with van der Waals surface area (Å²) in [6, 6.07) is 20.3. The largest absolute Gasteiger partial charge is 0.388 e. The molecular weight excluding hydrogens is 298 g/mol. The van der Waals surface area contributed by atoms with Gasteiger partial charge in [-0.15, -0.1) is 0 Å². The maximum Gasteiger partial charge on any atom is 0.0804 e. The highest BCUT2D eigenvalue weighted by Gasteiger charge is 2.25. The molecule has 1 fully saturated rings. The van der Waals surface area contributed by atoms with Crippen molar-refractivity contribution in [2.75, 3.05) is 0 Å². The Bertz CT molecular complexity index is 548. The van der Waals surface area contributed by atoms with Gasteiger partial charge in [-0.25, -0.2) is 0 Å². The molecule has 1 aliphatic heterocycles. The molecule has 0 aliphatic carbocycles. The monoisotopic (exact) mass is 325 g/mol. The lowest BCUT2D eigenvalue weighted by Crippen LogP contribution is -2.43. The number of aliphatic hydroxyl groups is 2. The van der Waals surface area contributed by atoms with Crippen molar-refractivity contribution in [3.05, 3.63) is 71.8 Å². The van der Waals surface area contributed by atoms with Gasteiger partial charge in [0.1, 0.15) is 0 Å². The molecule has 2 aromatic rings. The van der Waals surface area contributed by atoms with Crippen LogP contribution in [-0.4, -0.2) is 22.3 Å². The van der Waals surface area contributed by atoms with E-state index in [1.54, 1.807) is 0 Å². The minimum absolute atomic E-state index is 0.307. The SMILES string of the molecule is O[C@H](C[C@H]1CCC[C@H](C[C@H](O)c2ccccc2)N1)c1ccccc1. The summed E-state index contributed by atoms with van der Waals surface area (Å²) >= 11 is 0. The van der Waals surface area contributed by atoms with Gasteiger partial charge in [-0.2, -0.15) is 0 Å². The molecule has 4 atom stereocenters. The Kier molecular flexibility index (Phi) is 6.02. The number of hydrogen-bond donors (Lipinski definition) is 3. The quantitative estimate of drug-likeness (QED) is 0.758. The van der Waals surface area contributed by atoms with Crippen LogP contribution in [0, 0.1) is 0 Å². The molecule has 0 aromatic heterocycles. The van der Waals surface area contributed by atoms with Gasteiger partial charge in [0, 0.05) is 12.1 Å². The first-order valence-corrected chi connectivity index (χ1v) is 8.94. The molecule has 3 N–H and O–H groups in total. The number of aliphatic hydroxyl groups excluding tert-OH is 2. The summed E-state index contributed by atoms with van der Waals surface area (Å²) in [5.41, 5.74) is 1.96. The lowest BCUT2D eigenvalue weighted by Gasteiger charge is -2.33. The molecule has 0 radical (unpaired) electrons. The first-order chi connectivity index (χ1) is 11.7. The van der Waals surface area contributed by atoms with E-state index >= 15 is 0 Å². The maximum absolute atomic E-state index is 10.4. The molecular formula is C21H27NO2. The highest BCUT2D eigenvalue weighted by Crippen LogP contribution is 2.27. The van der Waals surface area contributed by atoms with E-state index in [1.165, 1.54) is 0 Å². The van der Waals surface area contributed by atoms with Crippen LogP contribution in [0.15, 0.2) is 60.7 Å². The summed E-state index contributed by atoms with van der Waals surface area (Å²) in [5.74, 6) is 0. The third-order valence-electron chi connectivity index (χ3n) is 4.96. The van der Waals surface area contributed by atoms with E-state index in [9.17, 15) is 10.2 Å². The lowest BCUT2D eigenvalue weighted by molar-refractivity contribution is 0.116. The molecule has 24 heavy (non-hydrogen) atoms. The van der Waals surface area contributed by atoms with Gasteiger partial charge in [0.15, 0.2) is 0 Å². The zero-order valence-corrected chi connectivity index (χ0v) is 14.0. The van der Waals surface area contributed by atoms with Crippen molar-refractivity contribution in [3.63, 3.8) is 0 Å². The van der Waals surface area contributed by atoms with Crippen LogP contribution in [0.3, 0.4) is 0 Å². The van der Waals surface area contributed by atoms with E-state index in [2.05, 4.69) is 5.32 Å². The van der Waals surface area contributed by atoms with Crippen LogP contribution < -0.4 is 5.32 Å². The van der Waals surface area contributed by atoms with E-state index in [1.807, 2.05) is 60.7 Å². The summed E-state index contributed by atoms with van der Waals surface area (Å²) in [7, 11) is 0. The third-order valence-corrected chi connectivity index (χ3v) is 4.96. The van der Waals surface area contributed by atoms with Crippen LogP contribution in [-0.2, 0) is 0 Å². The molecule has 1 saturated heterocycles. The normalized spacial score (nSPS) is 23.6. The zero-order chi connectivity index (χ0) is 16.8. The molecule has 1 heterocycles. The maximum atomic E-state index is 10.4. The summed E-state index contributed by atoms with van der Waals surface area (Å²) in [6.07, 6.45) is 3.90. The average molecular weight is 325 g/mol. The molecule has 128 valence electrons. The molecule has 0 saturated carbocycles. The third kappa shape index (κ3) is 4.67. The van der Waals surface area contributed by atoms with Gasteiger partial charge in [-0.05, 0) is 36.8 Å². The van der Waals surface area contributed by atoms with Crippen LogP contribution in [0.5, 0.6) is 0 Å². The molecule has 2 aromatic carbocycles. The van der Waals surface area contributed by atoms with Crippen molar-refractivity contribution in [2.24, 2.45) is 0 Å². The Balaban J connectivity index is 1.53. The Morgan fingerprint density at radius 2 is 1.17 bits per heavy atom. The van der Waals surface area contributed by atoms with Crippen LogP contribution in [0.25, 0.3) is 0 Å². The molecule has 0 spiro atoms. The first kappa shape index (κ1) is 17.2. The molecule has 0 bridgehead atoms. The van der Waals surface area contributed by atoms with E-state index in [0.717, 1.165) is 43.2 Å². The van der Waals surface area contributed by atoms with Gasteiger partial charge >= 0.3 is 0 Å². The summed E-state index contributed by atoms with van der Waals surface area (Å²) < 4.78 is 0. The lowest BCUT2D eigenvalue weighted by atomic mass is 9.89. The van der Waals surface area contributed by atoms with Gasteiger partial charge in [-0.3, -0.25) is 0 Å². The van der Waals surface area contributed by atoms with Crippen LogP contribution in [0.2, 0.25) is 0 Å². The van der Waals surface area contributed by atoms with Crippen molar-refractivity contribution >= 4 is 0 Å². The fourth-order valence-electron chi connectivity index (χ4n) is 3.64. The average Bonchev–Trinajstić information content (AvgIpc) is 2.63. The van der Waals surface area contributed by atoms with Crippen LogP contribution in [0.1, 0.15) is 55.4 Å². The van der Waals surface area contributed by atoms with E-state index in [4.69, 9.17) is 0 Å². The van der Waals surface area contributed by atoms with E-state index in [-0.39, 0.29) is 0 Å². The summed E-state index contributed by atoms with van der Waals surface area (Å²) in [4.78, 5) is 0. The predicted octanol–water partition coefficient (Wildman–Crippen LogP) is 3.74. The number of piperidine rings is 1. The zero-order valence-electron chi connectivity index (χ0n) is 14.0. The van der Waals surface area contributed by atoms with E-state index in [0.29, 0.717) is 12.1 Å². The number of rotatable bonds is 6. The molecule has 0 amide bonds. The number of nitrogens with one attached hydrogen (secondary N) is 1. The Hall–Kier alpha value is -1.68. The second kappa shape index (κ2) is 8.43. The van der Waals surface area contributed by atoms with Crippen molar-refractivity contribution in [1.82, 2.24) is 5.32 Å². The van der Waals surface area contributed by atoms with Gasteiger partial charge in [0.2, 0.25) is 0 Å². The van der Waals surface area contributed by atoms with Crippen LogP contribution >= 0.6 is 0 Å². The van der Waals surface area contributed by atoms with Crippen LogP contribution in [0.4, 0.5) is 0 Å². The Morgan fingerprint density at radius 1 is 0.750 bits per heavy atom. The van der Waals surface area contributed by atoms with Crippen molar-refractivity contribution in [3.8, 4) is 0 Å². The van der Waals surface area contributed by atoms with Crippen molar-refractivity contribution in [1.29, 1.82) is 0 Å². The topological polar surface area (TPSA) is 52.5 Å². The van der Waals surface area contributed by atoms with Crippen molar-refractivity contribution in [2.45, 2.75) is 56.4 Å². The minimum Gasteiger partial charge on any atom is -0.388 e. The molecule has 3 heteroatoms.